The average molecular weight is 446 g/mol. The van der Waals surface area contributed by atoms with Crippen LogP contribution in [0.4, 0.5) is 11.4 Å². The van der Waals surface area contributed by atoms with Gasteiger partial charge >= 0.3 is 0 Å². The third-order valence-electron chi connectivity index (χ3n) is 5.27. The standard InChI is InChI=1S/C26H27N3O4/c30-25(27-22-12-10-20(11-13-22)18-29-14-16-32-17-15-29)19-33-24-9-5-4-8-23(24)26(31)28-21-6-2-1-3-7-21/h1-13H,14-19H2,(H,27,30)(H,28,31). The van der Waals surface area contributed by atoms with Crippen molar-refractivity contribution in [2.24, 2.45) is 0 Å². The number of para-hydroxylation sites is 2. The quantitative estimate of drug-likeness (QED) is 0.552. The maximum absolute atomic E-state index is 12.6. The Hall–Kier alpha value is -3.68. The van der Waals surface area contributed by atoms with Crippen molar-refractivity contribution in [3.63, 3.8) is 0 Å². The number of nitrogens with zero attached hydrogens (tertiary/aromatic N) is 1. The first-order chi connectivity index (χ1) is 16.2. The Morgan fingerprint density at radius 3 is 2.24 bits per heavy atom. The van der Waals surface area contributed by atoms with Crippen LogP contribution < -0.4 is 15.4 Å². The number of carbonyl (C=O) groups excluding carboxylic acids is 2. The molecule has 7 nitrogen and oxygen atoms in total. The molecule has 0 aromatic heterocycles. The molecule has 1 aliphatic heterocycles. The van der Waals surface area contributed by atoms with E-state index in [2.05, 4.69) is 15.5 Å². The smallest absolute Gasteiger partial charge is 0.262 e. The van der Waals surface area contributed by atoms with Crippen LogP contribution in [0.2, 0.25) is 0 Å². The van der Waals surface area contributed by atoms with Gasteiger partial charge in [0.25, 0.3) is 11.8 Å². The van der Waals surface area contributed by atoms with Crippen molar-refractivity contribution in [3.8, 4) is 5.75 Å². The highest BCUT2D eigenvalue weighted by Gasteiger charge is 2.14. The van der Waals surface area contributed by atoms with Crippen LogP contribution in [0.25, 0.3) is 0 Å². The van der Waals surface area contributed by atoms with E-state index in [0.29, 0.717) is 22.7 Å². The molecule has 3 aromatic rings. The third-order valence-corrected chi connectivity index (χ3v) is 5.27. The lowest BCUT2D eigenvalue weighted by atomic mass is 10.2. The molecule has 0 radical (unpaired) electrons. The maximum atomic E-state index is 12.6. The van der Waals surface area contributed by atoms with Gasteiger partial charge in [0, 0.05) is 31.0 Å². The number of morpholine rings is 1. The number of carbonyl (C=O) groups is 2. The van der Waals surface area contributed by atoms with Gasteiger partial charge in [0.05, 0.1) is 18.8 Å². The number of benzene rings is 3. The summed E-state index contributed by atoms with van der Waals surface area (Å²) >= 11 is 0. The third kappa shape index (κ3) is 6.65. The predicted octanol–water partition coefficient (Wildman–Crippen LogP) is 3.79. The van der Waals surface area contributed by atoms with Gasteiger partial charge < -0.3 is 20.1 Å². The topological polar surface area (TPSA) is 79.9 Å². The van der Waals surface area contributed by atoms with Crippen molar-refractivity contribution in [1.29, 1.82) is 0 Å². The Morgan fingerprint density at radius 1 is 0.818 bits per heavy atom. The zero-order valence-corrected chi connectivity index (χ0v) is 18.3. The fraction of sp³-hybridized carbons (Fsp3) is 0.231. The molecule has 1 heterocycles. The summed E-state index contributed by atoms with van der Waals surface area (Å²) in [5.74, 6) is -0.246. The molecule has 2 amide bonds. The number of nitrogens with one attached hydrogen (secondary N) is 2. The van der Waals surface area contributed by atoms with E-state index in [1.807, 2.05) is 42.5 Å². The molecule has 3 aromatic carbocycles. The molecular formula is C26H27N3O4. The van der Waals surface area contributed by atoms with Gasteiger partial charge in [0.2, 0.25) is 0 Å². The summed E-state index contributed by atoms with van der Waals surface area (Å²) in [4.78, 5) is 27.4. The Morgan fingerprint density at radius 2 is 1.48 bits per heavy atom. The van der Waals surface area contributed by atoms with Crippen LogP contribution in [0.5, 0.6) is 5.75 Å². The Balaban J connectivity index is 1.29. The largest absolute Gasteiger partial charge is 0.483 e. The molecule has 4 rings (SSSR count). The van der Waals surface area contributed by atoms with E-state index in [0.717, 1.165) is 32.8 Å². The molecular weight excluding hydrogens is 418 g/mol. The molecule has 7 heteroatoms. The number of ether oxygens (including phenoxy) is 2. The van der Waals surface area contributed by atoms with Crippen molar-refractivity contribution < 1.29 is 19.1 Å². The number of anilines is 2. The maximum Gasteiger partial charge on any atom is 0.262 e. The Labute approximate surface area is 193 Å². The van der Waals surface area contributed by atoms with Gasteiger partial charge in [0.1, 0.15) is 5.75 Å². The van der Waals surface area contributed by atoms with Crippen LogP contribution in [0.3, 0.4) is 0 Å². The summed E-state index contributed by atoms with van der Waals surface area (Å²) in [6.45, 7) is 4.06. The van der Waals surface area contributed by atoms with E-state index < -0.39 is 0 Å². The first-order valence-corrected chi connectivity index (χ1v) is 10.9. The number of rotatable bonds is 8. The van der Waals surface area contributed by atoms with Crippen molar-refractivity contribution in [3.05, 3.63) is 90.0 Å². The fourth-order valence-electron chi connectivity index (χ4n) is 3.55. The molecule has 0 atom stereocenters. The van der Waals surface area contributed by atoms with Gasteiger partial charge in [-0.2, -0.15) is 0 Å². The lowest BCUT2D eigenvalue weighted by molar-refractivity contribution is -0.118. The lowest BCUT2D eigenvalue weighted by Gasteiger charge is -2.26. The molecule has 170 valence electrons. The van der Waals surface area contributed by atoms with Crippen LogP contribution in [0, 0.1) is 0 Å². The van der Waals surface area contributed by atoms with E-state index >= 15 is 0 Å². The van der Waals surface area contributed by atoms with Crippen LogP contribution in [0.1, 0.15) is 15.9 Å². The molecule has 0 aliphatic carbocycles. The molecule has 1 fully saturated rings. The molecule has 1 saturated heterocycles. The summed E-state index contributed by atoms with van der Waals surface area (Å²) < 4.78 is 11.0. The zero-order chi connectivity index (χ0) is 22.9. The summed E-state index contributed by atoms with van der Waals surface area (Å²) in [6.07, 6.45) is 0. The minimum atomic E-state index is -0.298. The highest BCUT2D eigenvalue weighted by Crippen LogP contribution is 2.20. The number of hydrogen-bond donors (Lipinski definition) is 2. The van der Waals surface area contributed by atoms with Crippen LogP contribution in [-0.4, -0.2) is 49.6 Å². The summed E-state index contributed by atoms with van der Waals surface area (Å²) in [5, 5.41) is 5.66. The van der Waals surface area contributed by atoms with E-state index in [9.17, 15) is 9.59 Å². The second-order valence-electron chi connectivity index (χ2n) is 7.74. The van der Waals surface area contributed by atoms with E-state index in [1.54, 1.807) is 36.4 Å². The molecule has 2 N–H and O–H groups in total. The summed E-state index contributed by atoms with van der Waals surface area (Å²) in [7, 11) is 0. The minimum Gasteiger partial charge on any atom is -0.483 e. The fourth-order valence-corrected chi connectivity index (χ4v) is 3.55. The molecule has 0 saturated carbocycles. The first-order valence-electron chi connectivity index (χ1n) is 10.9. The van der Waals surface area contributed by atoms with Crippen molar-refractivity contribution in [2.75, 3.05) is 43.5 Å². The Kier molecular flexibility index (Phi) is 7.68. The SMILES string of the molecule is O=C(COc1ccccc1C(=O)Nc1ccccc1)Nc1ccc(CN2CCOCC2)cc1. The van der Waals surface area contributed by atoms with Gasteiger partial charge in [-0.25, -0.2) is 0 Å². The van der Waals surface area contributed by atoms with Crippen LogP contribution >= 0.6 is 0 Å². The van der Waals surface area contributed by atoms with Gasteiger partial charge in [-0.05, 0) is 42.0 Å². The van der Waals surface area contributed by atoms with Gasteiger partial charge in [-0.3, -0.25) is 14.5 Å². The normalized spacial score (nSPS) is 13.8. The predicted molar refractivity (Wildman–Crippen MR) is 127 cm³/mol. The van der Waals surface area contributed by atoms with Crippen molar-refractivity contribution >= 4 is 23.2 Å². The second kappa shape index (κ2) is 11.3. The first kappa shape index (κ1) is 22.5. The monoisotopic (exact) mass is 445 g/mol. The summed E-state index contributed by atoms with van der Waals surface area (Å²) in [5.41, 5.74) is 2.93. The van der Waals surface area contributed by atoms with Gasteiger partial charge in [-0.1, -0.05) is 42.5 Å². The van der Waals surface area contributed by atoms with E-state index in [1.165, 1.54) is 5.56 Å². The van der Waals surface area contributed by atoms with E-state index in [4.69, 9.17) is 9.47 Å². The molecule has 1 aliphatic rings. The van der Waals surface area contributed by atoms with Gasteiger partial charge in [-0.15, -0.1) is 0 Å². The van der Waals surface area contributed by atoms with Crippen molar-refractivity contribution in [2.45, 2.75) is 6.54 Å². The lowest BCUT2D eigenvalue weighted by Crippen LogP contribution is -2.35. The summed E-state index contributed by atoms with van der Waals surface area (Å²) in [6, 6.07) is 23.8. The molecule has 0 bridgehead atoms. The van der Waals surface area contributed by atoms with Crippen molar-refractivity contribution in [1.82, 2.24) is 4.90 Å². The molecule has 0 unspecified atom stereocenters. The van der Waals surface area contributed by atoms with Crippen LogP contribution in [0.15, 0.2) is 78.9 Å². The average Bonchev–Trinajstić information content (AvgIpc) is 2.85. The van der Waals surface area contributed by atoms with Gasteiger partial charge in [0.15, 0.2) is 6.61 Å². The number of amides is 2. The highest BCUT2D eigenvalue weighted by atomic mass is 16.5. The van der Waals surface area contributed by atoms with E-state index in [-0.39, 0.29) is 18.4 Å². The molecule has 0 spiro atoms. The van der Waals surface area contributed by atoms with Crippen LogP contribution in [-0.2, 0) is 16.1 Å². The minimum absolute atomic E-state index is 0.203. The zero-order valence-electron chi connectivity index (χ0n) is 18.3. The number of hydrogen-bond acceptors (Lipinski definition) is 5. The highest BCUT2D eigenvalue weighted by molar-refractivity contribution is 6.06. The Bertz CT molecular complexity index is 1060. The second-order valence-corrected chi connectivity index (χ2v) is 7.74. The molecule has 33 heavy (non-hydrogen) atoms.